The van der Waals surface area contributed by atoms with Crippen LogP contribution in [0.5, 0.6) is 0 Å². The van der Waals surface area contributed by atoms with E-state index in [2.05, 4.69) is 25.7 Å². The molecule has 0 radical (unpaired) electrons. The monoisotopic (exact) mass is 352 g/mol. The number of carboxylic acid groups (broad SMARTS) is 2. The second-order valence-electron chi connectivity index (χ2n) is 9.53. The summed E-state index contributed by atoms with van der Waals surface area (Å²) >= 11 is 0. The van der Waals surface area contributed by atoms with Gasteiger partial charge in [-0.25, -0.2) is 9.59 Å². The molecule has 136 valence electrons. The van der Waals surface area contributed by atoms with Crippen molar-refractivity contribution in [3.8, 4) is 11.8 Å². The van der Waals surface area contributed by atoms with Crippen molar-refractivity contribution < 1.29 is 19.8 Å². The molecule has 1 aromatic rings. The summed E-state index contributed by atoms with van der Waals surface area (Å²) in [7, 11) is 0. The first-order valence-electron chi connectivity index (χ1n) is 9.25. The minimum atomic E-state index is -1.07. The van der Waals surface area contributed by atoms with E-state index in [1.165, 1.54) is 37.5 Å². The molecule has 4 bridgehead atoms. The van der Waals surface area contributed by atoms with E-state index in [-0.39, 0.29) is 16.5 Å². The lowest BCUT2D eigenvalue weighted by atomic mass is 9.40. The molecule has 0 heterocycles. The van der Waals surface area contributed by atoms with Crippen molar-refractivity contribution in [2.24, 2.45) is 22.2 Å². The van der Waals surface area contributed by atoms with Crippen LogP contribution in [0.15, 0.2) is 18.2 Å². The average Bonchev–Trinajstić information content (AvgIpc) is 2.49. The summed E-state index contributed by atoms with van der Waals surface area (Å²) in [6.07, 6.45) is 7.04. The van der Waals surface area contributed by atoms with Crippen LogP contribution >= 0.6 is 0 Å². The Hall–Kier alpha value is -2.28. The van der Waals surface area contributed by atoms with Gasteiger partial charge in [-0.05, 0) is 73.5 Å². The molecule has 0 saturated heterocycles. The fourth-order valence-electron chi connectivity index (χ4n) is 6.75. The first-order chi connectivity index (χ1) is 12.1. The van der Waals surface area contributed by atoms with Crippen LogP contribution in [0.25, 0.3) is 0 Å². The van der Waals surface area contributed by atoms with Gasteiger partial charge in [-0.15, -0.1) is 0 Å². The third-order valence-electron chi connectivity index (χ3n) is 6.59. The largest absolute Gasteiger partial charge is 0.478 e. The Bertz CT molecular complexity index is 854. The standard InChI is InChI=1S/C22H24O4/c1-20-8-14-9-21(2,11-20)13-22(10-14,12-20)6-5-15-7-16(18(23)24)3-4-17(15)19(25)26/h3-4,7,14H,8-13H2,1-2H3,(H,23,24)(H,25,26). The van der Waals surface area contributed by atoms with Gasteiger partial charge in [-0.2, -0.15) is 0 Å². The van der Waals surface area contributed by atoms with Gasteiger partial charge in [0, 0.05) is 11.0 Å². The second kappa shape index (κ2) is 5.36. The van der Waals surface area contributed by atoms with E-state index in [1.54, 1.807) is 0 Å². The Morgan fingerprint density at radius 3 is 2.19 bits per heavy atom. The van der Waals surface area contributed by atoms with E-state index in [0.717, 1.165) is 19.3 Å². The van der Waals surface area contributed by atoms with E-state index < -0.39 is 11.9 Å². The number of carbonyl (C=O) groups is 2. The van der Waals surface area contributed by atoms with Gasteiger partial charge in [0.25, 0.3) is 0 Å². The number of benzene rings is 1. The predicted octanol–water partition coefficient (Wildman–Crippen LogP) is 4.43. The highest BCUT2D eigenvalue weighted by atomic mass is 16.4. The zero-order chi connectivity index (χ0) is 18.7. The third-order valence-corrected chi connectivity index (χ3v) is 6.59. The van der Waals surface area contributed by atoms with E-state index in [4.69, 9.17) is 0 Å². The highest BCUT2D eigenvalue weighted by Gasteiger charge is 2.59. The Morgan fingerprint density at radius 2 is 1.65 bits per heavy atom. The van der Waals surface area contributed by atoms with E-state index in [1.807, 2.05) is 0 Å². The molecular formula is C22H24O4. The molecule has 4 heteroatoms. The zero-order valence-electron chi connectivity index (χ0n) is 15.3. The van der Waals surface area contributed by atoms with Crippen molar-refractivity contribution in [3.05, 3.63) is 34.9 Å². The predicted molar refractivity (Wildman–Crippen MR) is 97.1 cm³/mol. The van der Waals surface area contributed by atoms with Crippen molar-refractivity contribution >= 4 is 11.9 Å². The molecule has 5 rings (SSSR count). The van der Waals surface area contributed by atoms with E-state index >= 15 is 0 Å². The maximum Gasteiger partial charge on any atom is 0.336 e. The van der Waals surface area contributed by atoms with Crippen molar-refractivity contribution in [1.82, 2.24) is 0 Å². The van der Waals surface area contributed by atoms with Crippen molar-refractivity contribution in [2.75, 3.05) is 0 Å². The molecule has 1 aromatic carbocycles. The van der Waals surface area contributed by atoms with Gasteiger partial charge in [-0.3, -0.25) is 0 Å². The van der Waals surface area contributed by atoms with Crippen LogP contribution in [0.1, 0.15) is 78.7 Å². The summed E-state index contributed by atoms with van der Waals surface area (Å²) in [6.45, 7) is 4.75. The first-order valence-corrected chi connectivity index (χ1v) is 9.25. The van der Waals surface area contributed by atoms with Gasteiger partial charge in [0.15, 0.2) is 0 Å². The lowest BCUT2D eigenvalue weighted by Crippen LogP contribution is -2.54. The molecular weight excluding hydrogens is 328 g/mol. The number of rotatable bonds is 2. The Labute approximate surface area is 153 Å². The first kappa shape index (κ1) is 17.1. The molecule has 2 N–H and O–H groups in total. The van der Waals surface area contributed by atoms with Gasteiger partial charge < -0.3 is 10.2 Å². The van der Waals surface area contributed by atoms with Crippen LogP contribution in [-0.4, -0.2) is 22.2 Å². The Balaban J connectivity index is 1.75. The molecule has 0 amide bonds. The normalized spacial score (nSPS) is 37.1. The van der Waals surface area contributed by atoms with E-state index in [9.17, 15) is 19.8 Å². The van der Waals surface area contributed by atoms with Crippen LogP contribution in [0, 0.1) is 34.0 Å². The third kappa shape index (κ3) is 2.80. The van der Waals surface area contributed by atoms with Gasteiger partial charge in [-0.1, -0.05) is 25.7 Å². The molecule has 0 spiro atoms. The SMILES string of the molecule is CC12CC3CC(C)(C1)CC(C#Cc1cc(C(=O)O)ccc1C(=O)O)(C3)C2. The summed E-state index contributed by atoms with van der Waals surface area (Å²) in [4.78, 5) is 22.8. The van der Waals surface area contributed by atoms with Crippen LogP contribution in [0.4, 0.5) is 0 Å². The van der Waals surface area contributed by atoms with E-state index in [0.29, 0.717) is 22.3 Å². The van der Waals surface area contributed by atoms with Crippen LogP contribution < -0.4 is 0 Å². The Kier molecular flexibility index (Phi) is 3.54. The summed E-state index contributed by atoms with van der Waals surface area (Å²) in [6, 6.07) is 4.06. The molecule has 4 nitrogen and oxygen atoms in total. The number of hydrogen-bond acceptors (Lipinski definition) is 2. The van der Waals surface area contributed by atoms with Gasteiger partial charge >= 0.3 is 11.9 Å². The van der Waals surface area contributed by atoms with Gasteiger partial charge in [0.05, 0.1) is 11.1 Å². The van der Waals surface area contributed by atoms with Crippen molar-refractivity contribution in [1.29, 1.82) is 0 Å². The van der Waals surface area contributed by atoms with Gasteiger partial charge in [0.2, 0.25) is 0 Å². The van der Waals surface area contributed by atoms with Crippen LogP contribution in [0.3, 0.4) is 0 Å². The Morgan fingerprint density at radius 1 is 1.00 bits per heavy atom. The molecule has 4 saturated carbocycles. The van der Waals surface area contributed by atoms with Crippen molar-refractivity contribution in [3.63, 3.8) is 0 Å². The summed E-state index contributed by atoms with van der Waals surface area (Å²) < 4.78 is 0. The molecule has 4 aliphatic carbocycles. The minimum Gasteiger partial charge on any atom is -0.478 e. The number of aromatic carboxylic acids is 2. The molecule has 0 aromatic heterocycles. The zero-order valence-corrected chi connectivity index (χ0v) is 15.3. The lowest BCUT2D eigenvalue weighted by molar-refractivity contribution is -0.120. The molecule has 2 atom stereocenters. The molecule has 4 aliphatic rings. The van der Waals surface area contributed by atoms with Crippen LogP contribution in [0.2, 0.25) is 0 Å². The smallest absolute Gasteiger partial charge is 0.336 e. The maximum atomic E-state index is 11.5. The van der Waals surface area contributed by atoms with Crippen molar-refractivity contribution in [2.45, 2.75) is 52.4 Å². The second-order valence-corrected chi connectivity index (χ2v) is 9.53. The molecule has 2 unspecified atom stereocenters. The lowest BCUT2D eigenvalue weighted by Gasteiger charge is -2.64. The summed E-state index contributed by atoms with van der Waals surface area (Å²) in [5.41, 5.74) is 1.07. The highest BCUT2D eigenvalue weighted by Crippen LogP contribution is 2.69. The average molecular weight is 352 g/mol. The summed E-state index contributed by atoms with van der Waals surface area (Å²) in [5.74, 6) is 5.10. The highest BCUT2D eigenvalue weighted by molar-refractivity contribution is 5.94. The summed E-state index contributed by atoms with van der Waals surface area (Å²) in [5, 5.41) is 18.6. The minimum absolute atomic E-state index is 0.0576. The number of carboxylic acids is 2. The fraction of sp³-hybridized carbons (Fsp3) is 0.545. The molecule has 4 fully saturated rings. The quantitative estimate of drug-likeness (QED) is 0.772. The van der Waals surface area contributed by atoms with Crippen LogP contribution in [-0.2, 0) is 0 Å². The topological polar surface area (TPSA) is 74.6 Å². The maximum absolute atomic E-state index is 11.5. The number of hydrogen-bond donors (Lipinski definition) is 2. The van der Waals surface area contributed by atoms with Gasteiger partial charge in [0.1, 0.15) is 0 Å². The molecule has 0 aliphatic heterocycles. The molecule has 26 heavy (non-hydrogen) atoms. The fourth-order valence-corrected chi connectivity index (χ4v) is 6.75.